The maximum atomic E-state index is 12.7. The van der Waals surface area contributed by atoms with E-state index in [-0.39, 0.29) is 46.5 Å². The molecule has 0 radical (unpaired) electrons. The van der Waals surface area contributed by atoms with E-state index in [1.165, 1.54) is 12.1 Å². The SMILES string of the molecule is CC(=NNC(=O)CCCCCCC(=O)NN=C(C)c1cccc(NC(=O)c2ccc(Cl)cc2Cl)c1)c1cccc(NC(=O)c2ccc(Cl)cc2Cl)c1. The van der Waals surface area contributed by atoms with Gasteiger partial charge in [-0.1, -0.05) is 83.5 Å². The average molecular weight is 783 g/mol. The van der Waals surface area contributed by atoms with Crippen LogP contribution >= 0.6 is 46.4 Å². The summed E-state index contributed by atoms with van der Waals surface area (Å²) in [7, 11) is 0. The molecule has 10 nitrogen and oxygen atoms in total. The highest BCUT2D eigenvalue weighted by Crippen LogP contribution is 2.24. The van der Waals surface area contributed by atoms with E-state index in [9.17, 15) is 19.2 Å². The largest absolute Gasteiger partial charge is 0.322 e. The van der Waals surface area contributed by atoms with E-state index in [2.05, 4.69) is 31.7 Å². The Hall–Kier alpha value is -4.74. The van der Waals surface area contributed by atoms with E-state index in [4.69, 9.17) is 46.4 Å². The first-order chi connectivity index (χ1) is 24.9. The first-order valence-corrected chi connectivity index (χ1v) is 17.8. The van der Waals surface area contributed by atoms with E-state index in [0.29, 0.717) is 56.8 Å². The summed E-state index contributed by atoms with van der Waals surface area (Å²) in [6.45, 7) is 3.51. The number of anilines is 2. The van der Waals surface area contributed by atoms with Gasteiger partial charge in [0.15, 0.2) is 0 Å². The molecule has 0 spiro atoms. The summed E-state index contributed by atoms with van der Waals surface area (Å²) in [5.74, 6) is -1.20. The number of carbonyl (C=O) groups is 4. The number of hydrogen-bond donors (Lipinski definition) is 4. The summed E-state index contributed by atoms with van der Waals surface area (Å²) in [5, 5.41) is 15.4. The first kappa shape index (κ1) is 40.0. The monoisotopic (exact) mass is 780 g/mol. The molecule has 0 aliphatic rings. The zero-order valence-electron chi connectivity index (χ0n) is 28.4. The number of halogens is 4. The molecule has 0 heterocycles. The maximum absolute atomic E-state index is 12.7. The van der Waals surface area contributed by atoms with Crippen LogP contribution in [0.15, 0.2) is 95.1 Å². The van der Waals surface area contributed by atoms with Crippen LogP contribution < -0.4 is 21.5 Å². The average Bonchev–Trinajstić information content (AvgIpc) is 3.11. The Balaban J connectivity index is 1.13. The molecule has 0 saturated carbocycles. The number of amides is 4. The summed E-state index contributed by atoms with van der Waals surface area (Å²) in [4.78, 5) is 50.1. The van der Waals surface area contributed by atoms with Crippen molar-refractivity contribution in [3.8, 4) is 0 Å². The molecule has 4 aromatic carbocycles. The van der Waals surface area contributed by atoms with Crippen LogP contribution in [0.25, 0.3) is 0 Å². The Kier molecular flexibility index (Phi) is 15.2. The summed E-state index contributed by atoms with van der Waals surface area (Å²) in [6.07, 6.45) is 3.40. The number of hydrogen-bond acceptors (Lipinski definition) is 6. The van der Waals surface area contributed by atoms with Gasteiger partial charge in [0.05, 0.1) is 32.6 Å². The molecule has 14 heteroatoms. The Morgan fingerprint density at radius 3 is 1.33 bits per heavy atom. The van der Waals surface area contributed by atoms with E-state index in [1.54, 1.807) is 74.5 Å². The van der Waals surface area contributed by atoms with Crippen molar-refractivity contribution in [3.05, 3.63) is 127 Å². The fraction of sp³-hybridized carbons (Fsp3) is 0.211. The van der Waals surface area contributed by atoms with Gasteiger partial charge < -0.3 is 10.6 Å². The van der Waals surface area contributed by atoms with Crippen LogP contribution in [0.5, 0.6) is 0 Å². The van der Waals surface area contributed by atoms with Crippen LogP contribution in [0.2, 0.25) is 20.1 Å². The minimum atomic E-state index is -0.379. The number of hydrazone groups is 2. The van der Waals surface area contributed by atoms with Gasteiger partial charge in [-0.3, -0.25) is 19.2 Å². The number of benzene rings is 4. The van der Waals surface area contributed by atoms with Gasteiger partial charge in [-0.25, -0.2) is 10.9 Å². The molecule has 4 N–H and O–H groups in total. The molecule has 0 atom stereocenters. The molecule has 0 aliphatic carbocycles. The lowest BCUT2D eigenvalue weighted by molar-refractivity contribution is -0.122. The molecule has 270 valence electrons. The topological polar surface area (TPSA) is 141 Å². The zero-order chi connectivity index (χ0) is 37.6. The Morgan fingerprint density at radius 1 is 0.538 bits per heavy atom. The first-order valence-electron chi connectivity index (χ1n) is 16.3. The van der Waals surface area contributed by atoms with Crippen molar-refractivity contribution < 1.29 is 19.2 Å². The summed E-state index contributed by atoms with van der Waals surface area (Å²) >= 11 is 24.1. The lowest BCUT2D eigenvalue weighted by Crippen LogP contribution is -2.19. The maximum Gasteiger partial charge on any atom is 0.257 e. The van der Waals surface area contributed by atoms with Crippen molar-refractivity contribution in [2.45, 2.75) is 52.4 Å². The van der Waals surface area contributed by atoms with Gasteiger partial charge >= 0.3 is 0 Å². The molecule has 0 fully saturated rings. The number of unbranched alkanes of at least 4 members (excludes halogenated alkanes) is 3. The number of nitrogens with one attached hydrogen (secondary N) is 4. The molecule has 0 unspecified atom stereocenters. The van der Waals surface area contributed by atoms with E-state index < -0.39 is 0 Å². The third-order valence-electron chi connectivity index (χ3n) is 7.68. The molecule has 0 aliphatic heterocycles. The van der Waals surface area contributed by atoms with Crippen LogP contribution in [-0.4, -0.2) is 35.1 Å². The Morgan fingerprint density at radius 2 is 0.942 bits per heavy atom. The smallest absolute Gasteiger partial charge is 0.257 e. The minimum absolute atomic E-state index is 0.221. The molecule has 0 aromatic heterocycles. The second kappa shape index (κ2) is 19.8. The summed E-state index contributed by atoms with van der Waals surface area (Å²) in [6, 6.07) is 23.4. The predicted molar refractivity (Wildman–Crippen MR) is 210 cm³/mol. The molecule has 4 rings (SSSR count). The molecular weight excluding hydrogens is 746 g/mol. The zero-order valence-corrected chi connectivity index (χ0v) is 31.4. The lowest BCUT2D eigenvalue weighted by Gasteiger charge is -2.09. The minimum Gasteiger partial charge on any atom is -0.322 e. The van der Waals surface area contributed by atoms with Crippen LogP contribution in [0.1, 0.15) is 84.2 Å². The van der Waals surface area contributed by atoms with E-state index in [0.717, 1.165) is 24.0 Å². The van der Waals surface area contributed by atoms with Crippen LogP contribution in [0, 0.1) is 0 Å². The quantitative estimate of drug-likeness (QED) is 0.0542. The van der Waals surface area contributed by atoms with Gasteiger partial charge in [0.2, 0.25) is 11.8 Å². The van der Waals surface area contributed by atoms with Crippen molar-refractivity contribution in [3.63, 3.8) is 0 Å². The number of nitrogens with zero attached hydrogens (tertiary/aromatic N) is 2. The fourth-order valence-corrected chi connectivity index (χ4v) is 5.83. The molecule has 4 amide bonds. The van der Waals surface area contributed by atoms with Gasteiger partial charge in [-0.2, -0.15) is 10.2 Å². The van der Waals surface area contributed by atoms with Gasteiger partial charge in [0.25, 0.3) is 11.8 Å². The van der Waals surface area contributed by atoms with Crippen molar-refractivity contribution in [2.24, 2.45) is 10.2 Å². The lowest BCUT2D eigenvalue weighted by atomic mass is 10.1. The number of rotatable bonds is 15. The van der Waals surface area contributed by atoms with Crippen molar-refractivity contribution >= 4 is 92.8 Å². The van der Waals surface area contributed by atoms with Gasteiger partial charge in [-0.15, -0.1) is 0 Å². The molecule has 0 saturated heterocycles. The standard InChI is InChI=1S/C38H36Cl4N6O4/c1-23(25-9-7-11-29(19-25)43-37(51)31-17-15-27(39)21-33(31)41)45-47-35(49)13-5-3-4-6-14-36(50)48-46-24(2)26-10-8-12-30(20-26)44-38(52)32-18-16-28(40)22-34(32)42/h7-12,15-22H,3-6,13-14H2,1-2H3,(H,43,51)(H,44,52)(H,47,49)(H,48,50). The summed E-state index contributed by atoms with van der Waals surface area (Å²) < 4.78 is 0. The van der Waals surface area contributed by atoms with Gasteiger partial charge in [-0.05, 0) is 98.5 Å². The Bertz CT molecular complexity index is 1870. The second-order valence-corrected chi connectivity index (χ2v) is 13.4. The van der Waals surface area contributed by atoms with Crippen molar-refractivity contribution in [1.82, 2.24) is 10.9 Å². The highest BCUT2D eigenvalue weighted by Gasteiger charge is 2.13. The van der Waals surface area contributed by atoms with E-state index in [1.807, 2.05) is 12.1 Å². The predicted octanol–water partition coefficient (Wildman–Crippen LogP) is 9.53. The second-order valence-electron chi connectivity index (χ2n) is 11.7. The molecule has 0 bridgehead atoms. The molecule has 52 heavy (non-hydrogen) atoms. The third kappa shape index (κ3) is 12.5. The highest BCUT2D eigenvalue weighted by molar-refractivity contribution is 6.38. The fourth-order valence-electron chi connectivity index (χ4n) is 4.85. The Labute approximate surface area is 322 Å². The van der Waals surface area contributed by atoms with Crippen molar-refractivity contribution in [2.75, 3.05) is 10.6 Å². The highest BCUT2D eigenvalue weighted by atomic mass is 35.5. The number of carbonyl (C=O) groups excluding carboxylic acids is 4. The summed E-state index contributed by atoms with van der Waals surface area (Å²) in [5.41, 5.74) is 9.40. The van der Waals surface area contributed by atoms with Crippen LogP contribution in [0.3, 0.4) is 0 Å². The van der Waals surface area contributed by atoms with Gasteiger partial charge in [0.1, 0.15) is 0 Å². The van der Waals surface area contributed by atoms with Crippen LogP contribution in [-0.2, 0) is 9.59 Å². The third-order valence-corrected chi connectivity index (χ3v) is 8.78. The van der Waals surface area contributed by atoms with Gasteiger partial charge in [0, 0.05) is 34.3 Å². The van der Waals surface area contributed by atoms with E-state index >= 15 is 0 Å². The molecule has 4 aromatic rings. The molecular formula is C38H36Cl4N6O4. The van der Waals surface area contributed by atoms with Crippen LogP contribution in [0.4, 0.5) is 11.4 Å². The van der Waals surface area contributed by atoms with Crippen molar-refractivity contribution in [1.29, 1.82) is 0 Å². The normalized spacial score (nSPS) is 11.5.